The van der Waals surface area contributed by atoms with Gasteiger partial charge in [0.15, 0.2) is 11.0 Å². The number of carbonyl (C=O) groups excluding carboxylic acids is 1. The summed E-state index contributed by atoms with van der Waals surface area (Å²) in [4.78, 5) is 17.1. The van der Waals surface area contributed by atoms with E-state index >= 15 is 0 Å². The molecular weight excluding hydrogens is 408 g/mol. The third-order valence-electron chi connectivity index (χ3n) is 5.48. The van der Waals surface area contributed by atoms with Crippen LogP contribution < -0.4 is 5.73 Å². The fraction of sp³-hybridized carbons (Fsp3) is 0.348. The Morgan fingerprint density at radius 3 is 2.52 bits per heavy atom. The molecule has 162 valence electrons. The van der Waals surface area contributed by atoms with Gasteiger partial charge in [0.25, 0.3) is 0 Å². The second kappa shape index (κ2) is 9.98. The van der Waals surface area contributed by atoms with Crippen molar-refractivity contribution in [2.45, 2.75) is 25.2 Å². The molecule has 0 aliphatic carbocycles. The van der Waals surface area contributed by atoms with Gasteiger partial charge in [-0.2, -0.15) is 0 Å². The molecule has 1 aliphatic rings. The first-order valence-corrected chi connectivity index (χ1v) is 11.6. The number of aromatic nitrogens is 3. The normalized spacial score (nSPS) is 14.7. The standard InChI is InChI=1S/C23H28N6OS/c1-2-29-22(19-9-6-10-20(24)15-19)25-26-23(29)31-17-21(30)28-13-11-27(12-14-28)16-18-7-4-3-5-8-18/h3-10,15H,2,11-14,16-17,24H2,1H3. The predicted molar refractivity (Wildman–Crippen MR) is 125 cm³/mol. The zero-order chi connectivity index (χ0) is 21.6. The number of hydrogen-bond donors (Lipinski definition) is 1. The lowest BCUT2D eigenvalue weighted by Gasteiger charge is -2.34. The molecule has 2 heterocycles. The summed E-state index contributed by atoms with van der Waals surface area (Å²) in [5.41, 5.74) is 8.85. The van der Waals surface area contributed by atoms with Crippen LogP contribution in [0.3, 0.4) is 0 Å². The lowest BCUT2D eigenvalue weighted by Crippen LogP contribution is -2.48. The van der Waals surface area contributed by atoms with Gasteiger partial charge >= 0.3 is 0 Å². The van der Waals surface area contributed by atoms with E-state index in [1.165, 1.54) is 17.3 Å². The van der Waals surface area contributed by atoms with Gasteiger partial charge in [-0.15, -0.1) is 10.2 Å². The molecule has 0 bridgehead atoms. The van der Waals surface area contributed by atoms with E-state index < -0.39 is 0 Å². The Kier molecular flexibility index (Phi) is 6.89. The van der Waals surface area contributed by atoms with Gasteiger partial charge in [-0.25, -0.2) is 0 Å². The third-order valence-corrected chi connectivity index (χ3v) is 6.43. The average Bonchev–Trinajstić information content (AvgIpc) is 3.21. The SMILES string of the molecule is CCn1c(SCC(=O)N2CCN(Cc3ccccc3)CC2)nnc1-c1cccc(N)c1. The minimum Gasteiger partial charge on any atom is -0.399 e. The highest BCUT2D eigenvalue weighted by atomic mass is 32.2. The topological polar surface area (TPSA) is 80.3 Å². The summed E-state index contributed by atoms with van der Waals surface area (Å²) in [5, 5.41) is 9.43. The highest BCUT2D eigenvalue weighted by Crippen LogP contribution is 2.25. The Labute approximate surface area is 187 Å². The molecule has 0 radical (unpaired) electrons. The van der Waals surface area contributed by atoms with E-state index in [-0.39, 0.29) is 5.91 Å². The maximum atomic E-state index is 12.8. The van der Waals surface area contributed by atoms with Gasteiger partial charge in [0.05, 0.1) is 5.75 Å². The van der Waals surface area contributed by atoms with E-state index in [1.807, 2.05) is 39.8 Å². The molecule has 0 saturated carbocycles. The van der Waals surface area contributed by atoms with Gasteiger partial charge in [-0.1, -0.05) is 54.2 Å². The van der Waals surface area contributed by atoms with Crippen LogP contribution in [-0.4, -0.2) is 62.4 Å². The number of nitrogens with two attached hydrogens (primary N) is 1. The first-order chi connectivity index (χ1) is 15.1. The van der Waals surface area contributed by atoms with Crippen LogP contribution in [0.5, 0.6) is 0 Å². The Hall–Kier alpha value is -2.84. The lowest BCUT2D eigenvalue weighted by atomic mass is 10.2. The molecule has 3 aromatic rings. The van der Waals surface area contributed by atoms with E-state index in [4.69, 9.17) is 5.73 Å². The molecule has 1 fully saturated rings. The number of thioether (sulfide) groups is 1. The molecule has 1 aromatic heterocycles. The summed E-state index contributed by atoms with van der Waals surface area (Å²) >= 11 is 1.45. The second-order valence-electron chi connectivity index (χ2n) is 7.61. The smallest absolute Gasteiger partial charge is 0.233 e. The van der Waals surface area contributed by atoms with Crippen molar-refractivity contribution in [1.82, 2.24) is 24.6 Å². The van der Waals surface area contributed by atoms with Crippen molar-refractivity contribution in [2.75, 3.05) is 37.7 Å². The zero-order valence-corrected chi connectivity index (χ0v) is 18.6. The minimum absolute atomic E-state index is 0.153. The summed E-state index contributed by atoms with van der Waals surface area (Å²) in [7, 11) is 0. The lowest BCUT2D eigenvalue weighted by molar-refractivity contribution is -0.130. The van der Waals surface area contributed by atoms with Crippen LogP contribution in [0.1, 0.15) is 12.5 Å². The van der Waals surface area contributed by atoms with Gasteiger partial charge in [-0.05, 0) is 24.6 Å². The molecule has 2 N–H and O–H groups in total. The Bertz CT molecular complexity index is 1010. The number of piperazine rings is 1. The highest BCUT2D eigenvalue weighted by Gasteiger charge is 2.22. The Morgan fingerprint density at radius 1 is 1.03 bits per heavy atom. The number of carbonyl (C=O) groups is 1. The molecule has 2 aromatic carbocycles. The predicted octanol–water partition coefficient (Wildman–Crippen LogP) is 2.98. The largest absolute Gasteiger partial charge is 0.399 e. The highest BCUT2D eigenvalue weighted by molar-refractivity contribution is 7.99. The number of anilines is 1. The number of rotatable bonds is 7. The fourth-order valence-corrected chi connectivity index (χ4v) is 4.69. The van der Waals surface area contributed by atoms with Crippen LogP contribution in [0.25, 0.3) is 11.4 Å². The molecule has 1 saturated heterocycles. The van der Waals surface area contributed by atoms with E-state index in [0.717, 1.165) is 55.8 Å². The fourth-order valence-electron chi connectivity index (χ4n) is 3.79. The van der Waals surface area contributed by atoms with Gasteiger partial charge in [0.2, 0.25) is 5.91 Å². The van der Waals surface area contributed by atoms with Gasteiger partial charge in [0.1, 0.15) is 0 Å². The van der Waals surface area contributed by atoms with Crippen LogP contribution in [0, 0.1) is 0 Å². The number of nitrogens with zero attached hydrogens (tertiary/aromatic N) is 5. The first-order valence-electron chi connectivity index (χ1n) is 10.6. The van der Waals surface area contributed by atoms with E-state index in [9.17, 15) is 4.79 Å². The molecule has 1 amide bonds. The number of nitrogen functional groups attached to an aromatic ring is 1. The molecule has 8 heteroatoms. The molecule has 0 atom stereocenters. The van der Waals surface area contributed by atoms with Crippen molar-refractivity contribution >= 4 is 23.4 Å². The number of hydrogen-bond acceptors (Lipinski definition) is 6. The van der Waals surface area contributed by atoms with E-state index in [2.05, 4.69) is 46.3 Å². The summed E-state index contributed by atoms with van der Waals surface area (Å²) in [6, 6.07) is 18.1. The monoisotopic (exact) mass is 436 g/mol. The van der Waals surface area contributed by atoms with Crippen molar-refractivity contribution in [2.24, 2.45) is 0 Å². The Balaban J connectivity index is 1.31. The summed E-state index contributed by atoms with van der Waals surface area (Å²) < 4.78 is 2.03. The van der Waals surface area contributed by atoms with Gasteiger partial charge in [0, 0.05) is 50.5 Å². The van der Waals surface area contributed by atoms with Gasteiger partial charge < -0.3 is 15.2 Å². The van der Waals surface area contributed by atoms with Crippen molar-refractivity contribution in [1.29, 1.82) is 0 Å². The quantitative estimate of drug-likeness (QED) is 0.453. The second-order valence-corrected chi connectivity index (χ2v) is 8.55. The first kappa shape index (κ1) is 21.4. The molecule has 0 spiro atoms. The Morgan fingerprint density at radius 2 is 1.81 bits per heavy atom. The molecule has 0 unspecified atom stereocenters. The summed E-state index contributed by atoms with van der Waals surface area (Å²) in [5.74, 6) is 1.30. The average molecular weight is 437 g/mol. The zero-order valence-electron chi connectivity index (χ0n) is 17.8. The molecule has 1 aliphatic heterocycles. The molecule has 4 rings (SSSR count). The minimum atomic E-state index is 0.153. The van der Waals surface area contributed by atoms with E-state index in [1.54, 1.807) is 0 Å². The van der Waals surface area contributed by atoms with Crippen molar-refractivity contribution in [3.63, 3.8) is 0 Å². The van der Waals surface area contributed by atoms with Crippen molar-refractivity contribution in [3.05, 3.63) is 60.2 Å². The molecular formula is C23H28N6OS. The van der Waals surface area contributed by atoms with Crippen LogP contribution in [0.2, 0.25) is 0 Å². The maximum Gasteiger partial charge on any atom is 0.233 e. The van der Waals surface area contributed by atoms with Crippen LogP contribution >= 0.6 is 11.8 Å². The molecule has 31 heavy (non-hydrogen) atoms. The molecule has 7 nitrogen and oxygen atoms in total. The van der Waals surface area contributed by atoms with Crippen LogP contribution in [-0.2, 0) is 17.9 Å². The number of benzene rings is 2. The summed E-state index contributed by atoms with van der Waals surface area (Å²) in [6.45, 7) is 7.04. The van der Waals surface area contributed by atoms with Crippen molar-refractivity contribution in [3.8, 4) is 11.4 Å². The van der Waals surface area contributed by atoms with Gasteiger partial charge in [-0.3, -0.25) is 9.69 Å². The third kappa shape index (κ3) is 5.26. The number of amides is 1. The van der Waals surface area contributed by atoms with Crippen LogP contribution in [0.15, 0.2) is 59.8 Å². The van der Waals surface area contributed by atoms with E-state index in [0.29, 0.717) is 11.4 Å². The maximum absolute atomic E-state index is 12.8. The summed E-state index contributed by atoms with van der Waals surface area (Å²) in [6.07, 6.45) is 0. The van der Waals surface area contributed by atoms with Crippen LogP contribution in [0.4, 0.5) is 5.69 Å². The van der Waals surface area contributed by atoms with Crippen molar-refractivity contribution < 1.29 is 4.79 Å².